The van der Waals surface area contributed by atoms with Crippen LogP contribution in [0.2, 0.25) is 0 Å². The number of ether oxygens (including phenoxy) is 1. The number of nitrogens with zero attached hydrogens (tertiary/aromatic N) is 2. The summed E-state index contributed by atoms with van der Waals surface area (Å²) in [6.45, 7) is 0. The van der Waals surface area contributed by atoms with Crippen molar-refractivity contribution in [2.75, 3.05) is 12.4 Å². The van der Waals surface area contributed by atoms with Gasteiger partial charge in [-0.25, -0.2) is 9.97 Å². The topological polar surface area (TPSA) is 47.0 Å². The number of halogens is 1. The summed E-state index contributed by atoms with van der Waals surface area (Å²) in [6, 6.07) is 11.8. The smallest absolute Gasteiger partial charge is 0.139 e. The first-order chi connectivity index (χ1) is 9.76. The van der Waals surface area contributed by atoms with E-state index < -0.39 is 0 Å². The lowest BCUT2D eigenvalue weighted by molar-refractivity contribution is 0.415. The van der Waals surface area contributed by atoms with Crippen LogP contribution in [0.3, 0.4) is 0 Å². The molecule has 3 rings (SSSR count). The molecule has 1 N–H and O–H groups in total. The predicted octanol–water partition coefficient (Wildman–Crippen LogP) is 3.99. The zero-order valence-electron chi connectivity index (χ0n) is 10.8. The zero-order valence-corrected chi connectivity index (χ0v) is 13.0. The van der Waals surface area contributed by atoms with Crippen LogP contribution in [0, 0.1) is 3.57 Å². The maximum Gasteiger partial charge on any atom is 0.139 e. The molecule has 0 atom stereocenters. The summed E-state index contributed by atoms with van der Waals surface area (Å²) >= 11 is 2.23. The highest BCUT2D eigenvalue weighted by molar-refractivity contribution is 14.1. The minimum Gasteiger partial charge on any atom is -0.497 e. The van der Waals surface area contributed by atoms with Gasteiger partial charge in [-0.15, -0.1) is 0 Å². The molecule has 0 radical (unpaired) electrons. The Labute approximate surface area is 130 Å². The molecule has 4 nitrogen and oxygen atoms in total. The van der Waals surface area contributed by atoms with Gasteiger partial charge in [0.15, 0.2) is 0 Å². The van der Waals surface area contributed by atoms with Crippen LogP contribution in [0.5, 0.6) is 5.75 Å². The number of hydrogen-bond donors (Lipinski definition) is 1. The predicted molar refractivity (Wildman–Crippen MR) is 88.5 cm³/mol. The minimum atomic E-state index is 0.772. The Morgan fingerprint density at radius 1 is 1.10 bits per heavy atom. The average molecular weight is 377 g/mol. The van der Waals surface area contributed by atoms with Crippen molar-refractivity contribution in [2.45, 2.75) is 0 Å². The maximum atomic E-state index is 5.27. The van der Waals surface area contributed by atoms with Crippen molar-refractivity contribution in [1.29, 1.82) is 0 Å². The van der Waals surface area contributed by atoms with E-state index in [0.29, 0.717) is 0 Å². The van der Waals surface area contributed by atoms with Crippen molar-refractivity contribution in [1.82, 2.24) is 9.97 Å². The summed E-state index contributed by atoms with van der Waals surface area (Å²) in [5.41, 5.74) is 0. The number of aromatic nitrogens is 2. The van der Waals surface area contributed by atoms with E-state index in [2.05, 4.69) is 37.9 Å². The average Bonchev–Trinajstić information content (AvgIpc) is 2.49. The maximum absolute atomic E-state index is 5.27. The van der Waals surface area contributed by atoms with E-state index in [1.165, 1.54) is 0 Å². The molecule has 0 aliphatic carbocycles. The third-order valence-corrected chi connectivity index (χ3v) is 3.59. The first-order valence-corrected chi connectivity index (χ1v) is 7.15. The van der Waals surface area contributed by atoms with Crippen LogP contribution >= 0.6 is 22.6 Å². The summed E-state index contributed by atoms with van der Waals surface area (Å²) in [5, 5.41) is 5.36. The van der Waals surface area contributed by atoms with Crippen molar-refractivity contribution in [2.24, 2.45) is 0 Å². The summed E-state index contributed by atoms with van der Waals surface area (Å²) < 4.78 is 6.37. The van der Waals surface area contributed by atoms with E-state index in [1.807, 2.05) is 42.6 Å². The van der Waals surface area contributed by atoms with Crippen LogP contribution < -0.4 is 10.1 Å². The van der Waals surface area contributed by atoms with Gasteiger partial charge >= 0.3 is 0 Å². The summed E-state index contributed by atoms with van der Waals surface area (Å²) in [6.07, 6.45) is 3.60. The van der Waals surface area contributed by atoms with Gasteiger partial charge in [0.2, 0.25) is 0 Å². The molecule has 1 aromatic carbocycles. The first kappa shape index (κ1) is 13.1. The lowest BCUT2D eigenvalue weighted by Gasteiger charge is -2.09. The van der Waals surface area contributed by atoms with Gasteiger partial charge < -0.3 is 10.1 Å². The SMILES string of the molecule is COc1ccc2ccnc(Nc3ccc(I)cn3)c2c1. The monoisotopic (exact) mass is 377 g/mol. The van der Waals surface area contributed by atoms with Gasteiger partial charge in [0, 0.05) is 21.4 Å². The van der Waals surface area contributed by atoms with E-state index in [0.717, 1.165) is 31.7 Å². The molecule has 0 bridgehead atoms. The fourth-order valence-corrected chi connectivity index (χ4v) is 2.26. The van der Waals surface area contributed by atoms with Crippen LogP contribution in [0.4, 0.5) is 11.6 Å². The Balaban J connectivity index is 2.04. The van der Waals surface area contributed by atoms with Gasteiger partial charge in [0.25, 0.3) is 0 Å². The second-order valence-corrected chi connectivity index (χ2v) is 5.48. The molecule has 0 saturated heterocycles. The number of nitrogens with one attached hydrogen (secondary N) is 1. The van der Waals surface area contributed by atoms with Crippen LogP contribution in [-0.4, -0.2) is 17.1 Å². The summed E-state index contributed by atoms with van der Waals surface area (Å²) in [7, 11) is 1.66. The van der Waals surface area contributed by atoms with Crippen molar-refractivity contribution in [3.8, 4) is 5.75 Å². The highest BCUT2D eigenvalue weighted by Crippen LogP contribution is 2.27. The van der Waals surface area contributed by atoms with Gasteiger partial charge in [-0.05, 0) is 58.3 Å². The quantitative estimate of drug-likeness (QED) is 0.702. The van der Waals surface area contributed by atoms with Crippen molar-refractivity contribution in [3.63, 3.8) is 0 Å². The molecule has 2 aromatic heterocycles. The minimum absolute atomic E-state index is 0.772. The Bertz CT molecular complexity index is 744. The second-order valence-electron chi connectivity index (χ2n) is 4.23. The number of hydrogen-bond acceptors (Lipinski definition) is 4. The molecule has 0 fully saturated rings. The molecular weight excluding hydrogens is 365 g/mol. The van der Waals surface area contributed by atoms with Crippen LogP contribution in [-0.2, 0) is 0 Å². The lowest BCUT2D eigenvalue weighted by Crippen LogP contribution is -1.97. The van der Waals surface area contributed by atoms with Gasteiger partial charge in [0.1, 0.15) is 17.4 Å². The highest BCUT2D eigenvalue weighted by Gasteiger charge is 2.05. The Hall–Kier alpha value is -1.89. The van der Waals surface area contributed by atoms with Crippen LogP contribution in [0.1, 0.15) is 0 Å². The number of rotatable bonds is 3. The summed E-state index contributed by atoms with van der Waals surface area (Å²) in [5.74, 6) is 2.35. The Morgan fingerprint density at radius 2 is 2.00 bits per heavy atom. The molecule has 100 valence electrons. The van der Waals surface area contributed by atoms with Crippen molar-refractivity contribution >= 4 is 45.0 Å². The molecule has 20 heavy (non-hydrogen) atoms. The van der Waals surface area contributed by atoms with Gasteiger partial charge in [-0.3, -0.25) is 0 Å². The molecule has 0 saturated carbocycles. The van der Waals surface area contributed by atoms with E-state index in [1.54, 1.807) is 13.3 Å². The Kier molecular flexibility index (Phi) is 3.68. The number of methoxy groups -OCH3 is 1. The molecule has 0 spiro atoms. The largest absolute Gasteiger partial charge is 0.497 e. The lowest BCUT2D eigenvalue weighted by atomic mass is 10.1. The molecule has 0 aliphatic rings. The fourth-order valence-electron chi connectivity index (χ4n) is 1.95. The van der Waals surface area contributed by atoms with E-state index >= 15 is 0 Å². The summed E-state index contributed by atoms with van der Waals surface area (Å²) in [4.78, 5) is 8.72. The molecule has 3 aromatic rings. The fraction of sp³-hybridized carbons (Fsp3) is 0.0667. The number of pyridine rings is 2. The first-order valence-electron chi connectivity index (χ1n) is 6.07. The van der Waals surface area contributed by atoms with Gasteiger partial charge in [-0.2, -0.15) is 0 Å². The second kappa shape index (κ2) is 5.62. The molecule has 2 heterocycles. The third kappa shape index (κ3) is 2.67. The van der Waals surface area contributed by atoms with Crippen LogP contribution in [0.25, 0.3) is 10.8 Å². The molecule has 0 unspecified atom stereocenters. The van der Waals surface area contributed by atoms with E-state index in [4.69, 9.17) is 4.74 Å². The molecule has 0 amide bonds. The number of benzene rings is 1. The molecular formula is C15H12IN3O. The normalized spacial score (nSPS) is 10.5. The third-order valence-electron chi connectivity index (χ3n) is 2.95. The zero-order chi connectivity index (χ0) is 13.9. The number of anilines is 2. The van der Waals surface area contributed by atoms with Crippen LogP contribution in [0.15, 0.2) is 48.8 Å². The van der Waals surface area contributed by atoms with Gasteiger partial charge in [-0.1, -0.05) is 6.07 Å². The molecule has 5 heteroatoms. The van der Waals surface area contributed by atoms with E-state index in [-0.39, 0.29) is 0 Å². The van der Waals surface area contributed by atoms with Gasteiger partial charge in [0.05, 0.1) is 7.11 Å². The van der Waals surface area contributed by atoms with Crippen molar-refractivity contribution in [3.05, 3.63) is 52.4 Å². The highest BCUT2D eigenvalue weighted by atomic mass is 127. The molecule has 0 aliphatic heterocycles. The standard InChI is InChI=1S/C15H12IN3O/c1-20-12-4-2-10-6-7-17-15(13(10)8-12)19-14-5-3-11(16)9-18-14/h2-9H,1H3,(H,17,18,19). The van der Waals surface area contributed by atoms with E-state index in [9.17, 15) is 0 Å². The number of fused-ring (bicyclic) bond motifs is 1. The Morgan fingerprint density at radius 3 is 2.75 bits per heavy atom. The van der Waals surface area contributed by atoms with Crippen molar-refractivity contribution < 1.29 is 4.74 Å².